The fourth-order valence-corrected chi connectivity index (χ4v) is 0.256. The Balaban J connectivity index is 3.86. The Kier molecular flexibility index (Phi) is 2.90. The Hall–Kier alpha value is -0.880. The predicted molar refractivity (Wildman–Crippen MR) is 29.1 cm³/mol. The second-order valence-electron chi connectivity index (χ2n) is 1.15. The summed E-state index contributed by atoms with van der Waals surface area (Å²) in [5.74, 6) is 0. The van der Waals surface area contributed by atoms with E-state index in [0.29, 0.717) is 5.71 Å². The Morgan fingerprint density at radius 3 is 2.57 bits per heavy atom. The van der Waals surface area contributed by atoms with E-state index in [9.17, 15) is 0 Å². The highest BCUT2D eigenvalue weighted by Gasteiger charge is 1.91. The van der Waals surface area contributed by atoms with Crippen molar-refractivity contribution in [3.05, 3.63) is 18.2 Å². The Morgan fingerprint density at radius 1 is 2.00 bits per heavy atom. The van der Waals surface area contributed by atoms with Crippen molar-refractivity contribution in [1.29, 1.82) is 0 Å². The van der Waals surface area contributed by atoms with Crippen LogP contribution in [0.15, 0.2) is 12.7 Å². The third-order valence-electron chi connectivity index (χ3n) is 0.726. The summed E-state index contributed by atoms with van der Waals surface area (Å²) in [6.45, 7) is 5.31. The van der Waals surface area contributed by atoms with Crippen molar-refractivity contribution in [2.24, 2.45) is 0 Å². The van der Waals surface area contributed by atoms with Crippen molar-refractivity contribution in [2.45, 2.75) is 13.3 Å². The van der Waals surface area contributed by atoms with E-state index in [1.54, 1.807) is 0 Å². The minimum absolute atomic E-state index is 0.625. The van der Waals surface area contributed by atoms with Gasteiger partial charge in [0.15, 0.2) is 0 Å². The number of nitrogens with zero attached hydrogens (tertiary/aromatic N) is 2. The summed E-state index contributed by atoms with van der Waals surface area (Å²) in [4.78, 5) is 2.92. The summed E-state index contributed by atoms with van der Waals surface area (Å²) in [5.41, 5.74) is 8.67. The zero-order valence-corrected chi connectivity index (χ0v) is 4.39. The van der Waals surface area contributed by atoms with Gasteiger partial charge in [0.25, 0.3) is 5.71 Å². The van der Waals surface area contributed by atoms with Crippen LogP contribution in [0.25, 0.3) is 5.53 Å². The van der Waals surface area contributed by atoms with Crippen molar-refractivity contribution < 1.29 is 4.79 Å². The number of hydrogen-bond acceptors (Lipinski definition) is 0. The van der Waals surface area contributed by atoms with Crippen LogP contribution in [0.1, 0.15) is 13.3 Å². The molecule has 2 heteroatoms. The third-order valence-corrected chi connectivity index (χ3v) is 0.726. The molecule has 0 heterocycles. The quantitative estimate of drug-likeness (QED) is 0.282. The van der Waals surface area contributed by atoms with Crippen LogP contribution in [0.3, 0.4) is 0 Å². The van der Waals surface area contributed by atoms with Gasteiger partial charge in [-0.25, -0.2) is 0 Å². The van der Waals surface area contributed by atoms with Gasteiger partial charge in [0.2, 0.25) is 0 Å². The fourth-order valence-electron chi connectivity index (χ4n) is 0.256. The largest absolute Gasteiger partial charge is 0.361 e. The molecule has 0 aliphatic heterocycles. The van der Waals surface area contributed by atoms with Gasteiger partial charge in [-0.1, -0.05) is 13.5 Å². The first-order valence-electron chi connectivity index (χ1n) is 2.18. The van der Waals surface area contributed by atoms with Crippen LogP contribution in [0, 0.1) is 0 Å². The maximum absolute atomic E-state index is 8.04. The highest BCUT2D eigenvalue weighted by atomic mass is 14.8. The van der Waals surface area contributed by atoms with Crippen molar-refractivity contribution in [2.75, 3.05) is 0 Å². The molecule has 0 N–H and O–H groups in total. The molecule has 0 fully saturated rings. The molecule has 0 atom stereocenters. The fraction of sp³-hybridized carbons (Fsp3) is 0.400. The highest BCUT2D eigenvalue weighted by molar-refractivity contribution is 5.89. The van der Waals surface area contributed by atoms with Gasteiger partial charge in [-0.2, -0.15) is 4.79 Å². The molecule has 0 aromatic carbocycles. The first kappa shape index (κ1) is 6.12. The number of hydrogen-bond donors (Lipinski definition) is 0. The molecule has 0 aromatic rings. The molecule has 0 aliphatic carbocycles. The summed E-state index contributed by atoms with van der Waals surface area (Å²) >= 11 is 0. The molecule has 38 valence electrons. The van der Waals surface area contributed by atoms with Crippen LogP contribution in [-0.4, -0.2) is 10.5 Å². The predicted octanol–water partition coefficient (Wildman–Crippen LogP) is 1.25. The Bertz CT molecular complexity index is 109. The topological polar surface area (TPSA) is 36.4 Å². The van der Waals surface area contributed by atoms with Crippen LogP contribution in [-0.2, 0) is 0 Å². The summed E-state index contributed by atoms with van der Waals surface area (Å²) in [5, 5.41) is 0. The second kappa shape index (κ2) is 3.32. The van der Waals surface area contributed by atoms with E-state index >= 15 is 0 Å². The summed E-state index contributed by atoms with van der Waals surface area (Å²) in [7, 11) is 0. The van der Waals surface area contributed by atoms with Crippen molar-refractivity contribution in [1.82, 2.24) is 0 Å². The number of allylic oxidation sites excluding steroid dienone is 1. The SMILES string of the molecule is C=CC(CC)=[N+]=[N-]. The lowest BCUT2D eigenvalue weighted by Gasteiger charge is -1.71. The molecule has 0 amide bonds. The molecule has 2 nitrogen and oxygen atoms in total. The molecular formula is C5H8N2. The van der Waals surface area contributed by atoms with E-state index < -0.39 is 0 Å². The molecule has 0 aliphatic rings. The maximum Gasteiger partial charge on any atom is 0.291 e. The van der Waals surface area contributed by atoms with E-state index in [2.05, 4.69) is 11.4 Å². The zero-order valence-electron chi connectivity index (χ0n) is 4.39. The average Bonchev–Trinajstić information content (AvgIpc) is 1.72. The lowest BCUT2D eigenvalue weighted by atomic mass is 10.3. The van der Waals surface area contributed by atoms with Crippen molar-refractivity contribution >= 4 is 5.71 Å². The van der Waals surface area contributed by atoms with Gasteiger partial charge in [-0.3, -0.25) is 0 Å². The molecule has 0 aromatic heterocycles. The van der Waals surface area contributed by atoms with Gasteiger partial charge in [0.1, 0.15) is 0 Å². The standard InChI is InChI=1S/C5H8N2/c1-3-5(4-2)7-6/h3H,1,4H2,2H3. The highest BCUT2D eigenvalue weighted by Crippen LogP contribution is 1.77. The van der Waals surface area contributed by atoms with Crippen LogP contribution < -0.4 is 0 Å². The van der Waals surface area contributed by atoms with E-state index in [1.807, 2.05) is 6.92 Å². The Labute approximate surface area is 43.1 Å². The van der Waals surface area contributed by atoms with Gasteiger partial charge in [0.05, 0.1) is 0 Å². The van der Waals surface area contributed by atoms with Gasteiger partial charge < -0.3 is 5.53 Å². The molecular weight excluding hydrogens is 88.1 g/mol. The van der Waals surface area contributed by atoms with Crippen molar-refractivity contribution in [3.63, 3.8) is 0 Å². The molecule has 0 unspecified atom stereocenters. The first-order chi connectivity index (χ1) is 3.35. The summed E-state index contributed by atoms with van der Waals surface area (Å²) in [6, 6.07) is 0. The Morgan fingerprint density at radius 2 is 2.57 bits per heavy atom. The molecule has 7 heavy (non-hydrogen) atoms. The van der Waals surface area contributed by atoms with E-state index in [1.165, 1.54) is 6.08 Å². The smallest absolute Gasteiger partial charge is 0.291 e. The monoisotopic (exact) mass is 96.1 g/mol. The van der Waals surface area contributed by atoms with Crippen LogP contribution >= 0.6 is 0 Å². The average molecular weight is 96.1 g/mol. The molecule has 0 saturated heterocycles. The minimum atomic E-state index is 0.625. The summed E-state index contributed by atoms with van der Waals surface area (Å²) in [6.07, 6.45) is 2.26. The number of rotatable bonds is 2. The second-order valence-corrected chi connectivity index (χ2v) is 1.15. The van der Waals surface area contributed by atoms with Gasteiger partial charge >= 0.3 is 0 Å². The molecule has 0 radical (unpaired) electrons. The molecule has 0 rings (SSSR count). The van der Waals surface area contributed by atoms with Gasteiger partial charge in [0, 0.05) is 12.5 Å². The maximum atomic E-state index is 8.04. The van der Waals surface area contributed by atoms with E-state index in [0.717, 1.165) is 6.42 Å². The van der Waals surface area contributed by atoms with Crippen molar-refractivity contribution in [3.8, 4) is 0 Å². The van der Waals surface area contributed by atoms with Crippen LogP contribution in [0.5, 0.6) is 0 Å². The molecule has 0 bridgehead atoms. The first-order valence-corrected chi connectivity index (χ1v) is 2.18. The van der Waals surface area contributed by atoms with E-state index in [4.69, 9.17) is 5.53 Å². The van der Waals surface area contributed by atoms with Crippen LogP contribution in [0.2, 0.25) is 0 Å². The summed E-state index contributed by atoms with van der Waals surface area (Å²) < 4.78 is 0. The molecule has 0 saturated carbocycles. The lowest BCUT2D eigenvalue weighted by molar-refractivity contribution is -0.00582. The van der Waals surface area contributed by atoms with Gasteiger partial charge in [-0.05, 0) is 0 Å². The van der Waals surface area contributed by atoms with Gasteiger partial charge in [-0.15, -0.1) is 0 Å². The lowest BCUT2D eigenvalue weighted by Crippen LogP contribution is -1.88. The normalized spacial score (nSPS) is 7.00. The van der Waals surface area contributed by atoms with E-state index in [-0.39, 0.29) is 0 Å². The molecule has 0 spiro atoms. The van der Waals surface area contributed by atoms with Crippen LogP contribution in [0.4, 0.5) is 0 Å². The zero-order chi connectivity index (χ0) is 5.70. The third kappa shape index (κ3) is 1.90. The minimum Gasteiger partial charge on any atom is -0.361 e.